The van der Waals surface area contributed by atoms with Crippen molar-refractivity contribution in [1.29, 1.82) is 0 Å². The van der Waals surface area contributed by atoms with Crippen LogP contribution >= 0.6 is 15.9 Å². The molecule has 3 rings (SSSR count). The molecule has 22 heavy (non-hydrogen) atoms. The molecular weight excluding hydrogens is 340 g/mol. The molecule has 108 valence electrons. The summed E-state index contributed by atoms with van der Waals surface area (Å²) in [5.74, 6) is 0.356. The first-order valence-electron chi connectivity index (χ1n) is 6.81. The fourth-order valence-electron chi connectivity index (χ4n) is 2.08. The third-order valence-electron chi connectivity index (χ3n) is 3.22. The SMILES string of the molecule is O=C(Nc1ccc(Br)cn1)c1ccc(-c2ccccc2)cc1. The molecule has 0 bridgehead atoms. The Morgan fingerprint density at radius 2 is 1.55 bits per heavy atom. The Morgan fingerprint density at radius 3 is 2.18 bits per heavy atom. The van der Waals surface area contributed by atoms with Gasteiger partial charge in [0.25, 0.3) is 5.91 Å². The van der Waals surface area contributed by atoms with Gasteiger partial charge in [-0.2, -0.15) is 0 Å². The summed E-state index contributed by atoms with van der Waals surface area (Å²) in [6.45, 7) is 0. The van der Waals surface area contributed by atoms with E-state index in [0.29, 0.717) is 11.4 Å². The lowest BCUT2D eigenvalue weighted by atomic mass is 10.0. The third kappa shape index (κ3) is 3.40. The molecule has 4 heteroatoms. The van der Waals surface area contributed by atoms with Crippen molar-refractivity contribution in [1.82, 2.24) is 4.98 Å². The number of benzene rings is 2. The van der Waals surface area contributed by atoms with Crippen LogP contribution in [0.1, 0.15) is 10.4 Å². The molecular formula is C18H13BrN2O. The van der Waals surface area contributed by atoms with E-state index in [1.165, 1.54) is 0 Å². The highest BCUT2D eigenvalue weighted by Gasteiger charge is 2.07. The molecule has 0 unspecified atom stereocenters. The van der Waals surface area contributed by atoms with E-state index >= 15 is 0 Å². The number of hydrogen-bond donors (Lipinski definition) is 1. The summed E-state index contributed by atoms with van der Waals surface area (Å²) < 4.78 is 0.873. The van der Waals surface area contributed by atoms with Crippen LogP contribution in [0.2, 0.25) is 0 Å². The quantitative estimate of drug-likeness (QED) is 0.737. The second-order valence-corrected chi connectivity index (χ2v) is 5.67. The van der Waals surface area contributed by atoms with Crippen LogP contribution < -0.4 is 5.32 Å². The lowest BCUT2D eigenvalue weighted by molar-refractivity contribution is 0.102. The van der Waals surface area contributed by atoms with E-state index < -0.39 is 0 Å². The Balaban J connectivity index is 1.75. The summed E-state index contributed by atoms with van der Waals surface area (Å²) in [5, 5.41) is 2.77. The van der Waals surface area contributed by atoms with Gasteiger partial charge >= 0.3 is 0 Å². The van der Waals surface area contributed by atoms with Gasteiger partial charge in [0.2, 0.25) is 0 Å². The summed E-state index contributed by atoms with van der Waals surface area (Å²) >= 11 is 3.31. The Labute approximate surface area is 137 Å². The zero-order valence-electron chi connectivity index (χ0n) is 11.7. The largest absolute Gasteiger partial charge is 0.307 e. The summed E-state index contributed by atoms with van der Waals surface area (Å²) in [7, 11) is 0. The van der Waals surface area contributed by atoms with Gasteiger partial charge in [0, 0.05) is 16.2 Å². The molecule has 0 saturated carbocycles. The predicted octanol–water partition coefficient (Wildman–Crippen LogP) is 4.76. The zero-order chi connectivity index (χ0) is 15.4. The minimum Gasteiger partial charge on any atom is -0.307 e. The first-order valence-corrected chi connectivity index (χ1v) is 7.60. The number of aromatic nitrogens is 1. The van der Waals surface area contributed by atoms with Gasteiger partial charge in [0.1, 0.15) is 5.82 Å². The molecule has 1 amide bonds. The van der Waals surface area contributed by atoms with E-state index in [2.05, 4.69) is 26.2 Å². The minimum atomic E-state index is -0.172. The van der Waals surface area contributed by atoms with E-state index in [1.54, 1.807) is 12.3 Å². The fraction of sp³-hybridized carbons (Fsp3) is 0. The van der Waals surface area contributed by atoms with Crippen molar-refractivity contribution in [2.24, 2.45) is 0 Å². The molecule has 0 radical (unpaired) electrons. The number of carbonyl (C=O) groups excluding carboxylic acids is 1. The number of pyridine rings is 1. The van der Waals surface area contributed by atoms with Gasteiger partial charge in [0.05, 0.1) is 0 Å². The molecule has 0 aliphatic carbocycles. The highest BCUT2D eigenvalue weighted by molar-refractivity contribution is 9.10. The van der Waals surface area contributed by atoms with Crippen LogP contribution in [0.25, 0.3) is 11.1 Å². The number of rotatable bonds is 3. The van der Waals surface area contributed by atoms with Crippen molar-refractivity contribution in [3.63, 3.8) is 0 Å². The Bertz CT molecular complexity index is 768. The van der Waals surface area contributed by atoms with Crippen LogP contribution in [0.5, 0.6) is 0 Å². The van der Waals surface area contributed by atoms with Gasteiger partial charge < -0.3 is 5.32 Å². The van der Waals surface area contributed by atoms with Crippen LogP contribution in [0.4, 0.5) is 5.82 Å². The molecule has 1 aromatic heterocycles. The zero-order valence-corrected chi connectivity index (χ0v) is 13.2. The van der Waals surface area contributed by atoms with Gasteiger partial charge in [-0.05, 0) is 51.3 Å². The normalized spacial score (nSPS) is 10.2. The first kappa shape index (κ1) is 14.5. The van der Waals surface area contributed by atoms with Crippen molar-refractivity contribution >= 4 is 27.7 Å². The fourth-order valence-corrected chi connectivity index (χ4v) is 2.32. The molecule has 1 N–H and O–H groups in total. The molecule has 0 aliphatic heterocycles. The third-order valence-corrected chi connectivity index (χ3v) is 3.69. The monoisotopic (exact) mass is 352 g/mol. The Kier molecular flexibility index (Phi) is 4.30. The van der Waals surface area contributed by atoms with Gasteiger partial charge in [-0.1, -0.05) is 42.5 Å². The second kappa shape index (κ2) is 6.54. The maximum atomic E-state index is 12.2. The van der Waals surface area contributed by atoms with Crippen molar-refractivity contribution in [2.45, 2.75) is 0 Å². The lowest BCUT2D eigenvalue weighted by Gasteiger charge is -2.06. The summed E-state index contributed by atoms with van der Waals surface area (Å²) in [4.78, 5) is 16.3. The molecule has 1 heterocycles. The molecule has 2 aromatic carbocycles. The van der Waals surface area contributed by atoms with E-state index in [9.17, 15) is 4.79 Å². The molecule has 0 fully saturated rings. The molecule has 0 saturated heterocycles. The van der Waals surface area contributed by atoms with Crippen LogP contribution in [0, 0.1) is 0 Å². The molecule has 0 atom stereocenters. The number of anilines is 1. The van der Waals surface area contributed by atoms with Crippen LogP contribution in [0.3, 0.4) is 0 Å². The molecule has 0 aliphatic rings. The number of halogens is 1. The van der Waals surface area contributed by atoms with Crippen molar-refractivity contribution in [2.75, 3.05) is 5.32 Å². The maximum absolute atomic E-state index is 12.2. The van der Waals surface area contributed by atoms with Crippen LogP contribution in [-0.4, -0.2) is 10.9 Å². The lowest BCUT2D eigenvalue weighted by Crippen LogP contribution is -2.12. The van der Waals surface area contributed by atoms with Crippen molar-refractivity contribution in [3.05, 3.63) is 83.0 Å². The Hall–Kier alpha value is -2.46. The van der Waals surface area contributed by atoms with Crippen LogP contribution in [0.15, 0.2) is 77.4 Å². The second-order valence-electron chi connectivity index (χ2n) is 4.76. The van der Waals surface area contributed by atoms with Gasteiger partial charge in [-0.25, -0.2) is 4.98 Å². The molecule has 0 spiro atoms. The standard InChI is InChI=1S/C18H13BrN2O/c19-16-10-11-17(20-12-16)21-18(22)15-8-6-14(7-9-15)13-4-2-1-3-5-13/h1-12H,(H,20,21,22). The summed E-state index contributed by atoms with van der Waals surface area (Å²) in [6.07, 6.45) is 1.65. The van der Waals surface area contributed by atoms with Gasteiger partial charge in [0.15, 0.2) is 0 Å². The molecule has 3 nitrogen and oxygen atoms in total. The smallest absolute Gasteiger partial charge is 0.256 e. The van der Waals surface area contributed by atoms with Crippen LogP contribution in [-0.2, 0) is 0 Å². The highest BCUT2D eigenvalue weighted by atomic mass is 79.9. The topological polar surface area (TPSA) is 42.0 Å². The number of nitrogens with zero attached hydrogens (tertiary/aromatic N) is 1. The maximum Gasteiger partial charge on any atom is 0.256 e. The first-order chi connectivity index (χ1) is 10.7. The number of carbonyl (C=O) groups is 1. The van der Waals surface area contributed by atoms with Crippen molar-refractivity contribution in [3.8, 4) is 11.1 Å². The van der Waals surface area contributed by atoms with E-state index in [4.69, 9.17) is 0 Å². The number of hydrogen-bond acceptors (Lipinski definition) is 2. The van der Waals surface area contributed by atoms with Gasteiger partial charge in [-0.15, -0.1) is 0 Å². The number of amides is 1. The predicted molar refractivity (Wildman–Crippen MR) is 91.8 cm³/mol. The highest BCUT2D eigenvalue weighted by Crippen LogP contribution is 2.19. The molecule has 3 aromatic rings. The average molecular weight is 353 g/mol. The van der Waals surface area contributed by atoms with Crippen molar-refractivity contribution < 1.29 is 4.79 Å². The minimum absolute atomic E-state index is 0.172. The van der Waals surface area contributed by atoms with Gasteiger partial charge in [-0.3, -0.25) is 4.79 Å². The summed E-state index contributed by atoms with van der Waals surface area (Å²) in [6, 6.07) is 21.2. The van der Waals surface area contributed by atoms with E-state index in [1.807, 2.05) is 60.7 Å². The van der Waals surface area contributed by atoms with E-state index in [-0.39, 0.29) is 5.91 Å². The van der Waals surface area contributed by atoms with E-state index in [0.717, 1.165) is 15.6 Å². The Morgan fingerprint density at radius 1 is 0.864 bits per heavy atom. The number of nitrogens with one attached hydrogen (secondary N) is 1. The average Bonchev–Trinajstić information content (AvgIpc) is 2.58. The summed E-state index contributed by atoms with van der Waals surface area (Å²) in [5.41, 5.74) is 2.81.